The first-order chi connectivity index (χ1) is 20.6. The summed E-state index contributed by atoms with van der Waals surface area (Å²) < 4.78 is 8.93. The van der Waals surface area contributed by atoms with Crippen LogP contribution in [0.25, 0.3) is 28.2 Å². The van der Waals surface area contributed by atoms with Crippen LogP contribution in [-0.4, -0.2) is 47.3 Å². The van der Waals surface area contributed by atoms with Crippen LogP contribution in [-0.2, 0) is 25.8 Å². The van der Waals surface area contributed by atoms with Gasteiger partial charge in [0, 0.05) is 36.4 Å². The average Bonchev–Trinajstić information content (AvgIpc) is 3.63. The Morgan fingerprint density at radius 1 is 1.05 bits per heavy atom. The Morgan fingerprint density at radius 3 is 2.76 bits per heavy atom. The second-order valence-corrected chi connectivity index (χ2v) is 10.1. The van der Waals surface area contributed by atoms with E-state index in [0.717, 1.165) is 65.0 Å². The van der Waals surface area contributed by atoms with Crippen LogP contribution in [0.2, 0.25) is 0 Å². The summed E-state index contributed by atoms with van der Waals surface area (Å²) in [7, 11) is 1.66. The number of nitrogen functional groups attached to an aromatic ring is 1. The average molecular weight is 558 g/mol. The van der Waals surface area contributed by atoms with E-state index in [-0.39, 0.29) is 17.3 Å². The molecule has 0 unspecified atom stereocenters. The summed E-state index contributed by atoms with van der Waals surface area (Å²) in [5, 5.41) is 7.25. The maximum absolute atomic E-state index is 13.1. The van der Waals surface area contributed by atoms with Crippen molar-refractivity contribution in [1.82, 2.24) is 34.3 Å². The van der Waals surface area contributed by atoms with Crippen molar-refractivity contribution in [2.75, 3.05) is 18.2 Å². The smallest absolute Gasteiger partial charge is 0.261 e. The van der Waals surface area contributed by atoms with Gasteiger partial charge in [-0.05, 0) is 72.4 Å². The fourth-order valence-electron chi connectivity index (χ4n) is 5.29. The standard InChI is InChI=1S/C31H27N9O2/c1-42-23-8-9-24-20(14-23)4-5-21-15-34-31(37-28(21)24)40-17-25(29(32)38-40)30(41)36-22-6-2-19(3-7-22)11-13-39-18-35-26-16-33-12-10-27(26)39/h2-3,6-10,12,14-18H,4-5,11,13H2,1H3,(H2,32,38)(H,36,41). The SMILES string of the molecule is COc1ccc2c(c1)CCc1cnc(-n3cc(C(=O)Nc4ccc(CCn5cnc6cnccc65)cc4)c(N)n3)nc1-2. The highest BCUT2D eigenvalue weighted by Gasteiger charge is 2.21. The van der Waals surface area contributed by atoms with E-state index in [2.05, 4.69) is 29.9 Å². The monoisotopic (exact) mass is 557 g/mol. The normalized spacial score (nSPS) is 12.1. The maximum atomic E-state index is 13.1. The van der Waals surface area contributed by atoms with E-state index in [4.69, 9.17) is 15.5 Å². The Hall–Kier alpha value is -5.58. The van der Waals surface area contributed by atoms with Gasteiger partial charge < -0.3 is 20.4 Å². The van der Waals surface area contributed by atoms with Crippen molar-refractivity contribution in [3.63, 3.8) is 0 Å². The quantitative estimate of drug-likeness (QED) is 0.297. The summed E-state index contributed by atoms with van der Waals surface area (Å²) >= 11 is 0. The molecule has 0 saturated heterocycles. The molecule has 1 amide bonds. The fraction of sp³-hybridized carbons (Fsp3) is 0.161. The van der Waals surface area contributed by atoms with Gasteiger partial charge in [-0.25, -0.2) is 19.6 Å². The van der Waals surface area contributed by atoms with E-state index < -0.39 is 0 Å². The third-order valence-electron chi connectivity index (χ3n) is 7.55. The number of nitrogens with zero attached hydrogens (tertiary/aromatic N) is 7. The first kappa shape index (κ1) is 25.4. The number of aromatic nitrogens is 7. The molecule has 2 aromatic carbocycles. The van der Waals surface area contributed by atoms with Gasteiger partial charge >= 0.3 is 0 Å². The van der Waals surface area contributed by atoms with Gasteiger partial charge in [-0.1, -0.05) is 12.1 Å². The van der Waals surface area contributed by atoms with Crippen molar-refractivity contribution in [1.29, 1.82) is 0 Å². The summed E-state index contributed by atoms with van der Waals surface area (Å²) in [5.41, 5.74) is 14.3. The highest BCUT2D eigenvalue weighted by atomic mass is 16.5. The van der Waals surface area contributed by atoms with Crippen LogP contribution in [0.4, 0.5) is 11.5 Å². The molecule has 0 saturated carbocycles. The first-order valence-electron chi connectivity index (χ1n) is 13.6. The number of pyridine rings is 1. The number of imidazole rings is 1. The zero-order valence-electron chi connectivity index (χ0n) is 22.9. The highest BCUT2D eigenvalue weighted by molar-refractivity contribution is 6.07. The molecular weight excluding hydrogens is 530 g/mol. The van der Waals surface area contributed by atoms with E-state index in [1.54, 1.807) is 25.7 Å². The molecule has 4 aromatic heterocycles. The molecule has 4 heterocycles. The lowest BCUT2D eigenvalue weighted by atomic mass is 9.90. The number of rotatable bonds is 7. The molecule has 0 aliphatic heterocycles. The Morgan fingerprint density at radius 2 is 1.90 bits per heavy atom. The number of aryl methyl sites for hydroxylation is 4. The van der Waals surface area contributed by atoms with Crippen molar-refractivity contribution < 1.29 is 9.53 Å². The van der Waals surface area contributed by atoms with Crippen LogP contribution in [0.15, 0.2) is 79.6 Å². The highest BCUT2D eigenvalue weighted by Crippen LogP contribution is 2.34. The maximum Gasteiger partial charge on any atom is 0.261 e. The Kier molecular flexibility index (Phi) is 6.31. The first-order valence-corrected chi connectivity index (χ1v) is 13.6. The summed E-state index contributed by atoms with van der Waals surface area (Å²) in [6, 6.07) is 15.7. The molecule has 7 rings (SSSR count). The molecule has 0 bridgehead atoms. The van der Waals surface area contributed by atoms with E-state index in [1.165, 1.54) is 10.2 Å². The van der Waals surface area contributed by atoms with Gasteiger partial charge in [0.05, 0.1) is 30.8 Å². The molecule has 0 spiro atoms. The number of carbonyl (C=O) groups excluding carboxylic acids is 1. The second-order valence-electron chi connectivity index (χ2n) is 10.1. The van der Waals surface area contributed by atoms with Crippen molar-refractivity contribution in [3.05, 3.63) is 102 Å². The van der Waals surface area contributed by atoms with Crippen LogP contribution in [0, 0.1) is 0 Å². The predicted octanol–water partition coefficient (Wildman–Crippen LogP) is 4.26. The van der Waals surface area contributed by atoms with Crippen LogP contribution in [0.1, 0.15) is 27.0 Å². The molecule has 1 aliphatic rings. The molecule has 0 fully saturated rings. The number of benzene rings is 2. The number of hydrogen-bond acceptors (Lipinski definition) is 8. The zero-order chi connectivity index (χ0) is 28.6. The molecule has 0 atom stereocenters. The molecule has 1 aliphatic carbocycles. The van der Waals surface area contributed by atoms with Gasteiger partial charge in [-0.2, -0.15) is 0 Å². The predicted molar refractivity (Wildman–Crippen MR) is 159 cm³/mol. The Labute approximate surface area is 241 Å². The molecule has 11 nitrogen and oxygen atoms in total. The molecule has 6 aromatic rings. The molecule has 208 valence electrons. The summed E-state index contributed by atoms with van der Waals surface area (Å²) in [4.78, 5) is 30.9. The minimum Gasteiger partial charge on any atom is -0.497 e. The third kappa shape index (κ3) is 4.70. The van der Waals surface area contributed by atoms with Crippen LogP contribution in [0.3, 0.4) is 0 Å². The van der Waals surface area contributed by atoms with Crippen molar-refractivity contribution in [2.24, 2.45) is 0 Å². The Balaban J connectivity index is 1.05. The third-order valence-corrected chi connectivity index (χ3v) is 7.55. The lowest BCUT2D eigenvalue weighted by molar-refractivity contribution is 0.102. The number of fused-ring (bicyclic) bond motifs is 4. The lowest BCUT2D eigenvalue weighted by Gasteiger charge is -2.19. The van der Waals surface area contributed by atoms with Gasteiger partial charge in [0.25, 0.3) is 11.9 Å². The van der Waals surface area contributed by atoms with Crippen LogP contribution < -0.4 is 15.8 Å². The molecule has 0 radical (unpaired) electrons. The minimum atomic E-state index is -0.361. The van der Waals surface area contributed by atoms with Crippen LogP contribution in [0.5, 0.6) is 5.75 Å². The van der Waals surface area contributed by atoms with E-state index in [1.807, 2.05) is 61.1 Å². The van der Waals surface area contributed by atoms with Crippen molar-refractivity contribution >= 4 is 28.4 Å². The van der Waals surface area contributed by atoms with E-state index in [0.29, 0.717) is 11.6 Å². The van der Waals surface area contributed by atoms with Gasteiger partial charge in [0.1, 0.15) is 16.8 Å². The largest absolute Gasteiger partial charge is 0.497 e. The molecule has 3 N–H and O–H groups in total. The van der Waals surface area contributed by atoms with Gasteiger partial charge in [-0.15, -0.1) is 5.10 Å². The zero-order valence-corrected chi connectivity index (χ0v) is 22.9. The lowest BCUT2D eigenvalue weighted by Crippen LogP contribution is -2.13. The molecule has 42 heavy (non-hydrogen) atoms. The van der Waals surface area contributed by atoms with Crippen molar-refractivity contribution in [2.45, 2.75) is 25.8 Å². The molecular formula is C31H27N9O2. The van der Waals surface area contributed by atoms with Crippen LogP contribution >= 0.6 is 0 Å². The number of carbonyl (C=O) groups is 1. The van der Waals surface area contributed by atoms with Crippen molar-refractivity contribution in [3.8, 4) is 23.0 Å². The summed E-state index contributed by atoms with van der Waals surface area (Å²) in [6.07, 6.45) is 11.3. The van der Waals surface area contributed by atoms with Gasteiger partial charge in [0.2, 0.25) is 0 Å². The number of anilines is 2. The number of hydrogen-bond donors (Lipinski definition) is 2. The number of ether oxygens (including phenoxy) is 1. The summed E-state index contributed by atoms with van der Waals surface area (Å²) in [5.74, 6) is 0.894. The number of methoxy groups -OCH3 is 1. The minimum absolute atomic E-state index is 0.0957. The Bertz CT molecular complexity index is 1940. The number of nitrogens with two attached hydrogens (primary N) is 1. The van der Waals surface area contributed by atoms with Gasteiger partial charge in [0.15, 0.2) is 5.82 Å². The van der Waals surface area contributed by atoms with E-state index >= 15 is 0 Å². The number of nitrogens with one attached hydrogen (secondary N) is 1. The fourth-order valence-corrected chi connectivity index (χ4v) is 5.29. The number of amides is 1. The molecule has 11 heteroatoms. The van der Waals surface area contributed by atoms with E-state index in [9.17, 15) is 4.79 Å². The second kappa shape index (κ2) is 10.4. The summed E-state index contributed by atoms with van der Waals surface area (Å²) in [6.45, 7) is 0.784. The topological polar surface area (TPSA) is 139 Å². The van der Waals surface area contributed by atoms with Gasteiger partial charge in [-0.3, -0.25) is 9.78 Å².